The maximum Gasteiger partial charge on any atom is 0.410 e. The molecule has 2 fully saturated rings. The van der Waals surface area contributed by atoms with E-state index >= 15 is 0 Å². The molecule has 5 rings (SSSR count). The second kappa shape index (κ2) is 12.8. The van der Waals surface area contributed by atoms with Gasteiger partial charge in [-0.25, -0.2) is 32.6 Å². The van der Waals surface area contributed by atoms with E-state index in [1.54, 1.807) is 33.0 Å². The van der Waals surface area contributed by atoms with Crippen LogP contribution in [0, 0.1) is 12.8 Å². The molecule has 3 aromatic rings. The third-order valence-electron chi connectivity index (χ3n) is 6.65. The molecule has 0 spiro atoms. The van der Waals surface area contributed by atoms with Crippen molar-refractivity contribution < 1.29 is 27.1 Å². The second-order valence-corrected chi connectivity index (χ2v) is 15.6. The molecule has 1 amide bonds. The number of aryl methyl sites for hydroxylation is 1. The lowest BCUT2D eigenvalue weighted by molar-refractivity contribution is 0.0124. The highest BCUT2D eigenvalue weighted by molar-refractivity contribution is 7.92. The van der Waals surface area contributed by atoms with Gasteiger partial charge in [0.05, 0.1) is 33.7 Å². The molecule has 11 nitrogen and oxygen atoms in total. The van der Waals surface area contributed by atoms with Crippen LogP contribution in [0.5, 0.6) is 11.6 Å². The number of anilines is 2. The van der Waals surface area contributed by atoms with E-state index in [0.717, 1.165) is 12.8 Å². The maximum absolute atomic E-state index is 14.6. The molecule has 1 aromatic carbocycles. The van der Waals surface area contributed by atoms with Crippen molar-refractivity contribution in [2.45, 2.75) is 64.8 Å². The summed E-state index contributed by atoms with van der Waals surface area (Å²) >= 11 is 14.3. The second-order valence-electron chi connectivity index (χ2n) is 11.9. The summed E-state index contributed by atoms with van der Waals surface area (Å²) in [6.45, 7) is 7.26. The molecule has 1 saturated carbocycles. The molecule has 44 heavy (non-hydrogen) atoms. The lowest BCUT2D eigenvalue weighted by Gasteiger charge is -2.36. The number of rotatable bonds is 9. The summed E-state index contributed by atoms with van der Waals surface area (Å²) in [4.78, 5) is 27.9. The highest BCUT2D eigenvalue weighted by atomic mass is 35.5. The zero-order valence-corrected chi connectivity index (χ0v) is 27.7. The molecule has 16 heteroatoms. The summed E-state index contributed by atoms with van der Waals surface area (Å²) < 4.78 is 53.5. The molecular weight excluding hydrogens is 654 g/mol. The molecule has 1 aliphatic heterocycles. The maximum atomic E-state index is 14.6. The van der Waals surface area contributed by atoms with Crippen LogP contribution in [0.2, 0.25) is 10.0 Å². The molecule has 2 aliphatic rings. The van der Waals surface area contributed by atoms with Crippen molar-refractivity contribution in [2.75, 3.05) is 28.9 Å². The average molecular weight is 688 g/mol. The number of carbonyl (C=O) groups is 1. The molecule has 2 aromatic heterocycles. The van der Waals surface area contributed by atoms with Gasteiger partial charge in [0.15, 0.2) is 0 Å². The Balaban J connectivity index is 1.31. The number of likely N-dealkylation sites (tertiary alicyclic amines) is 1. The van der Waals surface area contributed by atoms with Gasteiger partial charge in [-0.3, -0.25) is 4.72 Å². The fourth-order valence-corrected chi connectivity index (χ4v) is 7.41. The molecule has 0 bridgehead atoms. The van der Waals surface area contributed by atoms with Crippen LogP contribution in [0.25, 0.3) is 10.6 Å². The van der Waals surface area contributed by atoms with Gasteiger partial charge in [0.2, 0.25) is 21.9 Å². The van der Waals surface area contributed by atoms with E-state index in [-0.39, 0.29) is 64.5 Å². The number of sulfonamides is 1. The number of benzene rings is 1. The first kappa shape index (κ1) is 32.5. The number of carbonyl (C=O) groups excluding carboxylic acids is 1. The largest absolute Gasteiger partial charge is 0.444 e. The van der Waals surface area contributed by atoms with Gasteiger partial charge in [-0.15, -0.1) is 11.3 Å². The number of amides is 1. The van der Waals surface area contributed by atoms with E-state index in [0.29, 0.717) is 15.6 Å². The SMILES string of the molecule is Cc1nc(Oc2ccc(NS(=O)(=O)CC3CC3)c(Cl)c2Cl)c(-c2ccnc(N[C@H]3C[C@H](F)CN(C(=O)OC(C)(C)C)C3)n2)s1. The van der Waals surface area contributed by atoms with Crippen molar-refractivity contribution in [1.29, 1.82) is 0 Å². The van der Waals surface area contributed by atoms with E-state index < -0.39 is 33.9 Å². The molecule has 2 atom stereocenters. The molecule has 238 valence electrons. The molecular formula is C28H33Cl2FN6O5S2. The number of piperidine rings is 1. The Bertz CT molecular complexity index is 1650. The number of aromatic nitrogens is 3. The Morgan fingerprint density at radius 3 is 2.61 bits per heavy atom. The van der Waals surface area contributed by atoms with Gasteiger partial charge in [-0.2, -0.15) is 0 Å². The van der Waals surface area contributed by atoms with Gasteiger partial charge < -0.3 is 19.7 Å². The first-order valence-electron chi connectivity index (χ1n) is 14.0. The molecule has 3 heterocycles. The van der Waals surface area contributed by atoms with Crippen LogP contribution in [0.15, 0.2) is 24.4 Å². The first-order valence-corrected chi connectivity index (χ1v) is 17.2. The van der Waals surface area contributed by atoms with Crippen LogP contribution in [0.3, 0.4) is 0 Å². The third-order valence-corrected chi connectivity index (χ3v) is 9.93. The minimum atomic E-state index is -3.57. The van der Waals surface area contributed by atoms with Crippen LogP contribution in [-0.4, -0.2) is 71.0 Å². The molecule has 1 saturated heterocycles. The number of nitrogens with zero attached hydrogens (tertiary/aromatic N) is 4. The van der Waals surface area contributed by atoms with Crippen LogP contribution >= 0.6 is 34.5 Å². The van der Waals surface area contributed by atoms with Gasteiger partial charge in [-0.05, 0) is 64.7 Å². The monoisotopic (exact) mass is 686 g/mol. The van der Waals surface area contributed by atoms with Crippen molar-refractivity contribution in [3.63, 3.8) is 0 Å². The fourth-order valence-electron chi connectivity index (χ4n) is 4.59. The van der Waals surface area contributed by atoms with E-state index in [9.17, 15) is 17.6 Å². The van der Waals surface area contributed by atoms with E-state index in [2.05, 4.69) is 25.0 Å². The van der Waals surface area contributed by atoms with E-state index in [4.69, 9.17) is 32.7 Å². The summed E-state index contributed by atoms with van der Waals surface area (Å²) in [5, 5.41) is 3.85. The van der Waals surface area contributed by atoms with Crippen molar-refractivity contribution >= 4 is 62.3 Å². The predicted molar refractivity (Wildman–Crippen MR) is 169 cm³/mol. The Morgan fingerprint density at radius 2 is 1.91 bits per heavy atom. The predicted octanol–water partition coefficient (Wildman–Crippen LogP) is 6.92. The Kier molecular flexibility index (Phi) is 9.45. The zero-order chi connectivity index (χ0) is 31.8. The van der Waals surface area contributed by atoms with Gasteiger partial charge in [0.25, 0.3) is 0 Å². The Hall–Kier alpha value is -2.94. The minimum absolute atomic E-state index is 0.00429. The minimum Gasteiger partial charge on any atom is -0.444 e. The summed E-state index contributed by atoms with van der Waals surface area (Å²) in [6.07, 6.45) is 1.70. The molecule has 1 aliphatic carbocycles. The lowest BCUT2D eigenvalue weighted by Crippen LogP contribution is -2.51. The number of ether oxygens (including phenoxy) is 2. The number of thiazole rings is 1. The number of halogens is 3. The standard InChI is InChI=1S/C28H33Cl2FN6O5S2/c1-15-33-25(41-21-8-7-19(22(29)23(21)30)36-44(39,40)14-16-5-6-16)24(43-15)20-9-10-32-26(35-20)34-18-11-17(31)12-37(13-18)27(38)42-28(2,3)4/h7-10,16-18,36H,5-6,11-14H2,1-4H3,(H,32,34,35)/t17-,18-/m0/s1. The third kappa shape index (κ3) is 8.40. The van der Waals surface area contributed by atoms with E-state index in [1.165, 1.54) is 28.4 Å². The van der Waals surface area contributed by atoms with E-state index in [1.807, 2.05) is 6.92 Å². The molecule has 2 N–H and O–H groups in total. The first-order chi connectivity index (χ1) is 20.7. The lowest BCUT2D eigenvalue weighted by atomic mass is 10.0. The van der Waals surface area contributed by atoms with Gasteiger partial charge >= 0.3 is 6.09 Å². The Labute approximate surface area is 269 Å². The Morgan fingerprint density at radius 1 is 1.16 bits per heavy atom. The summed E-state index contributed by atoms with van der Waals surface area (Å²) in [7, 11) is -3.57. The molecule has 0 unspecified atom stereocenters. The van der Waals surface area contributed by atoms with Crippen LogP contribution in [0.4, 0.5) is 20.8 Å². The number of alkyl halides is 1. The van der Waals surface area contributed by atoms with Crippen molar-refractivity contribution in [2.24, 2.45) is 5.92 Å². The number of hydrogen-bond donors (Lipinski definition) is 2. The smallest absolute Gasteiger partial charge is 0.410 e. The summed E-state index contributed by atoms with van der Waals surface area (Å²) in [5.74, 6) is 0.845. The quantitative estimate of drug-likeness (QED) is 0.246. The average Bonchev–Trinajstić information content (AvgIpc) is 3.65. The number of hydrogen-bond acceptors (Lipinski definition) is 10. The summed E-state index contributed by atoms with van der Waals surface area (Å²) in [6, 6.07) is 4.24. The summed E-state index contributed by atoms with van der Waals surface area (Å²) in [5.41, 5.74) is -0.0430. The highest BCUT2D eigenvalue weighted by Gasteiger charge is 2.33. The van der Waals surface area contributed by atoms with Crippen molar-refractivity contribution in [3.8, 4) is 22.2 Å². The van der Waals surface area contributed by atoms with Gasteiger partial charge in [0.1, 0.15) is 27.4 Å². The van der Waals surface area contributed by atoms with Crippen molar-refractivity contribution in [1.82, 2.24) is 19.9 Å². The normalized spacial score (nSPS) is 19.0. The van der Waals surface area contributed by atoms with Gasteiger partial charge in [0, 0.05) is 25.2 Å². The fraction of sp³-hybridized carbons (Fsp3) is 0.500. The van der Waals surface area contributed by atoms with Crippen LogP contribution in [0.1, 0.15) is 45.0 Å². The van der Waals surface area contributed by atoms with Gasteiger partial charge in [-0.1, -0.05) is 23.2 Å². The zero-order valence-electron chi connectivity index (χ0n) is 24.6. The van der Waals surface area contributed by atoms with Crippen LogP contribution in [-0.2, 0) is 14.8 Å². The topological polar surface area (TPSA) is 136 Å². The molecule has 0 radical (unpaired) electrons. The van der Waals surface area contributed by atoms with Crippen molar-refractivity contribution in [3.05, 3.63) is 39.4 Å². The number of nitrogens with one attached hydrogen (secondary N) is 2. The highest BCUT2D eigenvalue weighted by Crippen LogP contribution is 2.43. The van der Waals surface area contributed by atoms with Crippen LogP contribution < -0.4 is 14.8 Å².